The Morgan fingerprint density at radius 2 is 1.73 bits per heavy atom. The van der Waals surface area contributed by atoms with Crippen molar-refractivity contribution >= 4 is 10.0 Å². The lowest BCUT2D eigenvalue weighted by atomic mass is 9.90. The zero-order valence-corrected chi connectivity index (χ0v) is 11.2. The summed E-state index contributed by atoms with van der Waals surface area (Å²) in [6, 6.07) is 0. The third-order valence-corrected chi connectivity index (χ3v) is 4.52. The van der Waals surface area contributed by atoms with Crippen molar-refractivity contribution in [3.05, 3.63) is 0 Å². The van der Waals surface area contributed by atoms with E-state index < -0.39 is 15.6 Å². The second-order valence-corrected chi connectivity index (χ2v) is 6.82. The van der Waals surface area contributed by atoms with E-state index in [-0.39, 0.29) is 17.6 Å². The van der Waals surface area contributed by atoms with E-state index in [4.69, 9.17) is 5.73 Å². The molecule has 0 fully saturated rings. The van der Waals surface area contributed by atoms with E-state index in [0.717, 1.165) is 0 Å². The topological polar surface area (TPSA) is 72.2 Å². The van der Waals surface area contributed by atoms with Gasteiger partial charge in [-0.15, -0.1) is 0 Å². The van der Waals surface area contributed by atoms with E-state index in [0.29, 0.717) is 6.54 Å². The number of hydrogen-bond acceptors (Lipinski definition) is 3. The fourth-order valence-electron chi connectivity index (χ4n) is 1.23. The zero-order chi connectivity index (χ0) is 12.3. The van der Waals surface area contributed by atoms with Crippen LogP contribution < -0.4 is 10.5 Å². The van der Waals surface area contributed by atoms with Gasteiger partial charge in [-0.05, 0) is 18.8 Å². The SMILES string of the molecule is CC(C)CS(=O)(=O)NC(C)(CN)C(C)C. The van der Waals surface area contributed by atoms with Gasteiger partial charge < -0.3 is 5.73 Å². The van der Waals surface area contributed by atoms with Gasteiger partial charge in [-0.25, -0.2) is 13.1 Å². The van der Waals surface area contributed by atoms with E-state index in [1.807, 2.05) is 34.6 Å². The Kier molecular flexibility index (Phi) is 5.23. The highest BCUT2D eigenvalue weighted by Gasteiger charge is 2.31. The largest absolute Gasteiger partial charge is 0.329 e. The molecule has 0 aromatic rings. The van der Waals surface area contributed by atoms with Gasteiger partial charge in [-0.3, -0.25) is 0 Å². The molecule has 0 saturated carbocycles. The highest BCUT2D eigenvalue weighted by molar-refractivity contribution is 7.89. The summed E-state index contributed by atoms with van der Waals surface area (Å²) in [7, 11) is -3.23. The number of nitrogens with two attached hydrogens (primary N) is 1. The summed E-state index contributed by atoms with van der Waals surface area (Å²) in [5.74, 6) is 0.441. The fourth-order valence-corrected chi connectivity index (χ4v) is 3.22. The molecule has 4 nitrogen and oxygen atoms in total. The van der Waals surface area contributed by atoms with Gasteiger partial charge in [0.2, 0.25) is 10.0 Å². The molecule has 0 radical (unpaired) electrons. The van der Waals surface area contributed by atoms with Crippen LogP contribution in [0.25, 0.3) is 0 Å². The minimum absolute atomic E-state index is 0.122. The van der Waals surface area contributed by atoms with Gasteiger partial charge >= 0.3 is 0 Å². The summed E-state index contributed by atoms with van der Waals surface area (Å²) in [4.78, 5) is 0. The molecule has 0 spiro atoms. The van der Waals surface area contributed by atoms with Crippen LogP contribution in [0.2, 0.25) is 0 Å². The Labute approximate surface area is 93.7 Å². The number of hydrogen-bond donors (Lipinski definition) is 2. The van der Waals surface area contributed by atoms with E-state index in [1.54, 1.807) is 0 Å². The molecule has 0 aliphatic rings. The number of sulfonamides is 1. The Balaban J connectivity index is 4.69. The summed E-state index contributed by atoms with van der Waals surface area (Å²) in [6.07, 6.45) is 0. The van der Waals surface area contributed by atoms with Gasteiger partial charge in [-0.2, -0.15) is 0 Å². The molecule has 0 aliphatic carbocycles. The Hall–Kier alpha value is -0.130. The van der Waals surface area contributed by atoms with Gasteiger partial charge in [0, 0.05) is 12.1 Å². The third-order valence-electron chi connectivity index (χ3n) is 2.64. The van der Waals surface area contributed by atoms with Gasteiger partial charge in [0.1, 0.15) is 0 Å². The van der Waals surface area contributed by atoms with Crippen LogP contribution in [0.1, 0.15) is 34.6 Å². The molecule has 15 heavy (non-hydrogen) atoms. The minimum atomic E-state index is -3.23. The Morgan fingerprint density at radius 1 is 1.27 bits per heavy atom. The maximum absolute atomic E-state index is 11.8. The minimum Gasteiger partial charge on any atom is -0.329 e. The van der Waals surface area contributed by atoms with Crippen molar-refractivity contribution in [3.8, 4) is 0 Å². The summed E-state index contributed by atoms with van der Waals surface area (Å²) in [6.45, 7) is 9.84. The molecule has 1 atom stereocenters. The Bertz CT molecular complexity index is 286. The van der Waals surface area contributed by atoms with Crippen LogP contribution in [-0.4, -0.2) is 26.3 Å². The first-order chi connectivity index (χ1) is 6.63. The van der Waals surface area contributed by atoms with Crippen molar-refractivity contribution in [2.75, 3.05) is 12.3 Å². The van der Waals surface area contributed by atoms with Gasteiger partial charge in [0.25, 0.3) is 0 Å². The summed E-state index contributed by atoms with van der Waals surface area (Å²) >= 11 is 0. The number of rotatable bonds is 6. The van der Waals surface area contributed by atoms with E-state index in [9.17, 15) is 8.42 Å². The highest BCUT2D eigenvalue weighted by Crippen LogP contribution is 2.16. The molecule has 1 unspecified atom stereocenters. The van der Waals surface area contributed by atoms with Crippen LogP contribution in [0, 0.1) is 11.8 Å². The van der Waals surface area contributed by atoms with Crippen molar-refractivity contribution in [1.82, 2.24) is 4.72 Å². The monoisotopic (exact) mass is 236 g/mol. The summed E-state index contributed by atoms with van der Waals surface area (Å²) in [5, 5.41) is 0. The summed E-state index contributed by atoms with van der Waals surface area (Å²) in [5.41, 5.74) is 5.07. The van der Waals surface area contributed by atoms with E-state index >= 15 is 0 Å². The predicted molar refractivity (Wildman–Crippen MR) is 64.1 cm³/mol. The molecule has 3 N–H and O–H groups in total. The maximum Gasteiger partial charge on any atom is 0.212 e. The van der Waals surface area contributed by atoms with E-state index in [1.165, 1.54) is 0 Å². The van der Waals surface area contributed by atoms with Crippen LogP contribution in [0.5, 0.6) is 0 Å². The lowest BCUT2D eigenvalue weighted by Gasteiger charge is -2.33. The molecular weight excluding hydrogens is 212 g/mol. The maximum atomic E-state index is 11.8. The van der Waals surface area contributed by atoms with Crippen LogP contribution in [0.15, 0.2) is 0 Å². The average molecular weight is 236 g/mol. The molecular formula is C10H24N2O2S. The molecule has 0 bridgehead atoms. The van der Waals surface area contributed by atoms with Gasteiger partial charge in [-0.1, -0.05) is 27.7 Å². The van der Waals surface area contributed by atoms with Crippen LogP contribution in [0.4, 0.5) is 0 Å². The van der Waals surface area contributed by atoms with Crippen molar-refractivity contribution in [2.45, 2.75) is 40.2 Å². The smallest absolute Gasteiger partial charge is 0.212 e. The first-order valence-corrected chi connectivity index (χ1v) is 7.00. The van der Waals surface area contributed by atoms with Crippen molar-refractivity contribution in [1.29, 1.82) is 0 Å². The molecule has 0 amide bonds. The molecule has 0 aromatic carbocycles. The van der Waals surface area contributed by atoms with Crippen molar-refractivity contribution in [3.63, 3.8) is 0 Å². The second kappa shape index (κ2) is 5.27. The normalized spacial score (nSPS) is 17.1. The lowest BCUT2D eigenvalue weighted by Crippen LogP contribution is -2.55. The summed E-state index contributed by atoms with van der Waals surface area (Å²) < 4.78 is 26.2. The molecule has 5 heteroatoms. The van der Waals surface area contributed by atoms with Crippen molar-refractivity contribution in [2.24, 2.45) is 17.6 Å². The highest BCUT2D eigenvalue weighted by atomic mass is 32.2. The zero-order valence-electron chi connectivity index (χ0n) is 10.4. The first kappa shape index (κ1) is 14.9. The quantitative estimate of drug-likeness (QED) is 0.721. The molecule has 0 aromatic heterocycles. The van der Waals surface area contributed by atoms with E-state index in [2.05, 4.69) is 4.72 Å². The average Bonchev–Trinajstić information content (AvgIpc) is 2.00. The van der Waals surface area contributed by atoms with Gasteiger partial charge in [0.05, 0.1) is 5.75 Å². The molecule has 0 heterocycles. The van der Waals surface area contributed by atoms with Crippen LogP contribution in [-0.2, 0) is 10.0 Å². The van der Waals surface area contributed by atoms with Crippen molar-refractivity contribution < 1.29 is 8.42 Å². The second-order valence-electron chi connectivity index (χ2n) is 5.05. The molecule has 0 aliphatic heterocycles. The first-order valence-electron chi connectivity index (χ1n) is 5.34. The van der Waals surface area contributed by atoms with Crippen LogP contribution in [0.3, 0.4) is 0 Å². The van der Waals surface area contributed by atoms with Gasteiger partial charge in [0.15, 0.2) is 0 Å². The van der Waals surface area contributed by atoms with Crippen LogP contribution >= 0.6 is 0 Å². The molecule has 0 rings (SSSR count). The predicted octanol–water partition coefficient (Wildman–Crippen LogP) is 0.935. The fraction of sp³-hybridized carbons (Fsp3) is 1.00. The standard InChI is InChI=1S/C10H24N2O2S/c1-8(2)6-15(13,14)12-10(5,7-11)9(3)4/h8-9,12H,6-7,11H2,1-5H3. The molecule has 0 saturated heterocycles. The lowest BCUT2D eigenvalue weighted by molar-refractivity contribution is 0.314. The third kappa shape index (κ3) is 4.95. The molecule has 92 valence electrons. The Morgan fingerprint density at radius 3 is 2.00 bits per heavy atom. The number of nitrogens with one attached hydrogen (secondary N) is 1.